The van der Waals surface area contributed by atoms with Crippen molar-refractivity contribution in [2.45, 2.75) is 13.3 Å². The van der Waals surface area contributed by atoms with Crippen molar-refractivity contribution in [3.63, 3.8) is 0 Å². The van der Waals surface area contributed by atoms with Crippen molar-refractivity contribution in [2.24, 2.45) is 0 Å². The van der Waals surface area contributed by atoms with Gasteiger partial charge in [-0.05, 0) is 30.6 Å². The molecule has 10 heteroatoms. The molecule has 2 amide bonds. The molecular formula is C18H15F2N5O2S. The van der Waals surface area contributed by atoms with E-state index in [-0.39, 0.29) is 23.7 Å². The van der Waals surface area contributed by atoms with E-state index in [1.54, 1.807) is 6.92 Å². The molecule has 0 spiro atoms. The van der Waals surface area contributed by atoms with Crippen LogP contribution in [-0.2, 0) is 6.42 Å². The lowest BCUT2D eigenvalue weighted by Gasteiger charge is -2.07. The second kappa shape index (κ2) is 8.17. The number of nitrogens with zero attached hydrogens (tertiary/aromatic N) is 3. The molecule has 2 N–H and O–H groups in total. The fourth-order valence-corrected chi connectivity index (χ4v) is 3.37. The molecule has 0 aliphatic rings. The third-order valence-corrected chi connectivity index (χ3v) is 4.76. The summed E-state index contributed by atoms with van der Waals surface area (Å²) >= 11 is 1.12. The smallest absolute Gasteiger partial charge is 0.271 e. The van der Waals surface area contributed by atoms with E-state index in [1.165, 1.54) is 25.5 Å². The number of anilines is 1. The van der Waals surface area contributed by atoms with Crippen molar-refractivity contribution in [3.05, 3.63) is 69.7 Å². The minimum atomic E-state index is -1.06. The van der Waals surface area contributed by atoms with Gasteiger partial charge in [-0.3, -0.25) is 14.6 Å². The van der Waals surface area contributed by atoms with Gasteiger partial charge in [-0.25, -0.2) is 13.8 Å². The highest BCUT2D eigenvalue weighted by Crippen LogP contribution is 2.23. The van der Waals surface area contributed by atoms with Crippen LogP contribution >= 0.6 is 11.5 Å². The summed E-state index contributed by atoms with van der Waals surface area (Å²) in [6.45, 7) is 1.67. The van der Waals surface area contributed by atoms with Gasteiger partial charge in [-0.1, -0.05) is 0 Å². The van der Waals surface area contributed by atoms with Gasteiger partial charge in [0.25, 0.3) is 11.8 Å². The highest BCUT2D eigenvalue weighted by Gasteiger charge is 2.20. The summed E-state index contributed by atoms with van der Waals surface area (Å²) in [7, 11) is 1.49. The minimum absolute atomic E-state index is 0.127. The third-order valence-electron chi connectivity index (χ3n) is 3.82. The Morgan fingerprint density at radius 1 is 1.14 bits per heavy atom. The van der Waals surface area contributed by atoms with Crippen molar-refractivity contribution < 1.29 is 18.4 Å². The summed E-state index contributed by atoms with van der Waals surface area (Å²) in [4.78, 5) is 33.2. The van der Waals surface area contributed by atoms with Crippen LogP contribution in [0.4, 0.5) is 14.5 Å². The van der Waals surface area contributed by atoms with Crippen LogP contribution in [0.15, 0.2) is 30.6 Å². The van der Waals surface area contributed by atoms with Crippen molar-refractivity contribution >= 4 is 29.0 Å². The molecule has 3 aromatic rings. The molecule has 7 nitrogen and oxygen atoms in total. The van der Waals surface area contributed by atoms with E-state index in [1.807, 2.05) is 0 Å². The van der Waals surface area contributed by atoms with Crippen LogP contribution in [0.25, 0.3) is 0 Å². The Labute approximate surface area is 163 Å². The van der Waals surface area contributed by atoms with Crippen molar-refractivity contribution in [3.8, 4) is 0 Å². The molecule has 0 saturated heterocycles. The molecule has 2 heterocycles. The number of aromatic nitrogens is 3. The maximum absolute atomic E-state index is 13.4. The molecule has 0 saturated carbocycles. The number of halogens is 2. The lowest BCUT2D eigenvalue weighted by Crippen LogP contribution is -2.20. The second-order valence-electron chi connectivity index (χ2n) is 5.80. The van der Waals surface area contributed by atoms with Crippen molar-refractivity contribution in [1.82, 2.24) is 19.7 Å². The Hall–Kier alpha value is -3.27. The quantitative estimate of drug-likeness (QED) is 0.683. The highest BCUT2D eigenvalue weighted by atomic mass is 32.1. The summed E-state index contributed by atoms with van der Waals surface area (Å²) in [6.07, 6.45) is 3.08. The van der Waals surface area contributed by atoms with Gasteiger partial charge in [0.2, 0.25) is 0 Å². The van der Waals surface area contributed by atoms with Gasteiger partial charge < -0.3 is 10.6 Å². The lowest BCUT2D eigenvalue weighted by atomic mass is 10.1. The van der Waals surface area contributed by atoms with Gasteiger partial charge in [0.15, 0.2) is 11.6 Å². The van der Waals surface area contributed by atoms with E-state index in [4.69, 9.17) is 0 Å². The fourth-order valence-electron chi connectivity index (χ4n) is 2.49. The highest BCUT2D eigenvalue weighted by molar-refractivity contribution is 7.06. The number of hydrogen-bond donors (Lipinski definition) is 2. The fraction of sp³-hybridized carbons (Fsp3) is 0.167. The maximum atomic E-state index is 13.4. The summed E-state index contributed by atoms with van der Waals surface area (Å²) in [6, 6.07) is 3.11. The molecule has 0 bridgehead atoms. The summed E-state index contributed by atoms with van der Waals surface area (Å²) in [5.41, 5.74) is 1.60. The SMILES string of the molecule is CNC(=O)c1cncc(Cc2snc(C)c2C(=O)Nc2ccc(F)c(F)c2)n1. The molecule has 0 unspecified atom stereocenters. The largest absolute Gasteiger partial charge is 0.354 e. The number of benzene rings is 1. The van der Waals surface area contributed by atoms with Crippen LogP contribution in [-0.4, -0.2) is 33.2 Å². The Kier molecular flexibility index (Phi) is 5.69. The van der Waals surface area contributed by atoms with Crippen molar-refractivity contribution in [2.75, 3.05) is 12.4 Å². The first-order valence-electron chi connectivity index (χ1n) is 8.13. The molecule has 144 valence electrons. The van der Waals surface area contributed by atoms with E-state index >= 15 is 0 Å². The molecule has 0 atom stereocenters. The monoisotopic (exact) mass is 403 g/mol. The van der Waals surface area contributed by atoms with E-state index < -0.39 is 17.5 Å². The van der Waals surface area contributed by atoms with Gasteiger partial charge in [-0.15, -0.1) is 0 Å². The standard InChI is InChI=1S/C18H15F2N5O2S/c1-9-16(18(27)24-10-3-4-12(19)13(20)5-10)15(28-25-9)6-11-7-22-8-14(23-11)17(26)21-2/h3-5,7-8H,6H2,1-2H3,(H,21,26)(H,24,27). The normalized spacial score (nSPS) is 10.6. The third kappa shape index (κ3) is 4.17. The number of carbonyl (C=O) groups excluding carboxylic acids is 2. The van der Waals surface area contributed by atoms with Crippen LogP contribution in [0.2, 0.25) is 0 Å². The van der Waals surface area contributed by atoms with Crippen LogP contribution in [0.3, 0.4) is 0 Å². The second-order valence-corrected chi connectivity index (χ2v) is 6.66. The molecule has 0 aliphatic heterocycles. The van der Waals surface area contributed by atoms with Crippen LogP contribution in [0, 0.1) is 18.6 Å². The summed E-state index contributed by atoms with van der Waals surface area (Å²) < 4.78 is 30.6. The zero-order valence-corrected chi connectivity index (χ0v) is 15.7. The Morgan fingerprint density at radius 2 is 1.93 bits per heavy atom. The zero-order chi connectivity index (χ0) is 20.3. The minimum Gasteiger partial charge on any atom is -0.354 e. The Balaban J connectivity index is 1.84. The van der Waals surface area contributed by atoms with Gasteiger partial charge >= 0.3 is 0 Å². The van der Waals surface area contributed by atoms with Gasteiger partial charge in [0.1, 0.15) is 5.69 Å². The first kappa shape index (κ1) is 19.5. The first-order chi connectivity index (χ1) is 13.4. The van der Waals surface area contributed by atoms with Gasteiger partial charge in [0.05, 0.1) is 23.1 Å². The molecule has 0 fully saturated rings. The molecule has 3 rings (SSSR count). The predicted molar refractivity (Wildman–Crippen MR) is 99.4 cm³/mol. The molecule has 1 aromatic carbocycles. The van der Waals surface area contributed by atoms with Gasteiger partial charge in [-0.2, -0.15) is 4.37 Å². The van der Waals surface area contributed by atoms with Crippen LogP contribution in [0.5, 0.6) is 0 Å². The Morgan fingerprint density at radius 3 is 2.64 bits per heavy atom. The van der Waals surface area contributed by atoms with Crippen LogP contribution < -0.4 is 10.6 Å². The summed E-state index contributed by atoms with van der Waals surface area (Å²) in [5, 5.41) is 5.01. The topological polar surface area (TPSA) is 96.9 Å². The zero-order valence-electron chi connectivity index (χ0n) is 14.9. The van der Waals surface area contributed by atoms with E-state index in [0.29, 0.717) is 21.8 Å². The Bertz CT molecular complexity index is 1050. The molecule has 0 aliphatic carbocycles. The van der Waals surface area contributed by atoms with E-state index in [2.05, 4.69) is 25.0 Å². The number of nitrogens with one attached hydrogen (secondary N) is 2. The molecule has 28 heavy (non-hydrogen) atoms. The van der Waals surface area contributed by atoms with Crippen LogP contribution in [0.1, 0.15) is 37.1 Å². The van der Waals surface area contributed by atoms with E-state index in [9.17, 15) is 18.4 Å². The summed E-state index contributed by atoms with van der Waals surface area (Å²) in [5.74, 6) is -2.92. The van der Waals surface area contributed by atoms with Crippen molar-refractivity contribution in [1.29, 1.82) is 0 Å². The number of amides is 2. The molecule has 0 radical (unpaired) electrons. The average molecular weight is 403 g/mol. The molecular weight excluding hydrogens is 388 g/mol. The van der Waals surface area contributed by atoms with Gasteiger partial charge in [0, 0.05) is 36.3 Å². The maximum Gasteiger partial charge on any atom is 0.271 e. The average Bonchev–Trinajstić information content (AvgIpc) is 3.04. The first-order valence-corrected chi connectivity index (χ1v) is 8.91. The number of rotatable bonds is 5. The predicted octanol–water partition coefficient (Wildman–Crippen LogP) is 2.72. The van der Waals surface area contributed by atoms with E-state index in [0.717, 1.165) is 23.7 Å². The lowest BCUT2D eigenvalue weighted by molar-refractivity contribution is 0.0956. The molecule has 2 aromatic heterocycles. The number of hydrogen-bond acceptors (Lipinski definition) is 6. The number of carbonyl (C=O) groups is 2. The number of aryl methyl sites for hydroxylation is 1.